The van der Waals surface area contributed by atoms with Gasteiger partial charge >= 0.3 is 0 Å². The van der Waals surface area contributed by atoms with Crippen molar-refractivity contribution < 1.29 is 5.11 Å². The van der Waals surface area contributed by atoms with Crippen LogP contribution in [-0.4, -0.2) is 32.0 Å². The Bertz CT molecular complexity index is 783. The summed E-state index contributed by atoms with van der Waals surface area (Å²) in [5.41, 5.74) is 4.03. The van der Waals surface area contributed by atoms with E-state index in [0.29, 0.717) is 11.0 Å². The molecule has 4 nitrogen and oxygen atoms in total. The smallest absolute Gasteiger partial charge is 0.160 e. The Morgan fingerprint density at radius 1 is 1.21 bits per heavy atom. The van der Waals surface area contributed by atoms with Crippen molar-refractivity contribution in [3.05, 3.63) is 58.9 Å². The van der Waals surface area contributed by atoms with Gasteiger partial charge in [-0.15, -0.1) is 0 Å². The number of aliphatic imine (C=N–C) groups is 1. The Morgan fingerprint density at radius 2 is 1.96 bits per heavy atom. The molecule has 0 unspecified atom stereocenters. The summed E-state index contributed by atoms with van der Waals surface area (Å²) in [6.45, 7) is 7.15. The number of aryl methyl sites for hydroxylation is 2. The topological polar surface area (TPSA) is 48.7 Å². The molecule has 0 saturated carbocycles. The first-order valence-corrected chi connectivity index (χ1v) is 9.14. The summed E-state index contributed by atoms with van der Waals surface area (Å²) >= 11 is 1.84. The van der Waals surface area contributed by atoms with E-state index >= 15 is 0 Å². The molecular formula is C19H21N3OS. The fourth-order valence-electron chi connectivity index (χ4n) is 3.64. The highest BCUT2D eigenvalue weighted by Crippen LogP contribution is 2.48. The number of hydrogen-bond acceptors (Lipinski definition) is 5. The van der Waals surface area contributed by atoms with Crippen LogP contribution in [0, 0.1) is 13.8 Å². The molecule has 124 valence electrons. The molecule has 2 aliphatic heterocycles. The summed E-state index contributed by atoms with van der Waals surface area (Å²) in [6.07, 6.45) is 1.83. The predicted octanol–water partition coefficient (Wildman–Crippen LogP) is 3.99. The van der Waals surface area contributed by atoms with E-state index in [9.17, 15) is 5.11 Å². The number of nitrogens with zero attached hydrogens (tertiary/aromatic N) is 3. The number of aromatic hydroxyl groups is 1. The fraction of sp³-hybridized carbons (Fsp3) is 0.368. The van der Waals surface area contributed by atoms with Crippen LogP contribution >= 0.6 is 11.8 Å². The number of hydrogen-bond donors (Lipinski definition) is 1. The number of phenolic OH excluding ortho intramolecular Hbond substituents is 1. The third-order valence-corrected chi connectivity index (χ3v) is 5.84. The highest BCUT2D eigenvalue weighted by molar-refractivity contribution is 8.14. The van der Waals surface area contributed by atoms with Gasteiger partial charge in [-0.3, -0.25) is 9.98 Å². The van der Waals surface area contributed by atoms with Gasteiger partial charge in [0.25, 0.3) is 0 Å². The van der Waals surface area contributed by atoms with Gasteiger partial charge in [0, 0.05) is 18.0 Å². The van der Waals surface area contributed by atoms with Gasteiger partial charge in [-0.2, -0.15) is 0 Å². The van der Waals surface area contributed by atoms with Crippen LogP contribution in [0.2, 0.25) is 0 Å². The first-order chi connectivity index (χ1) is 11.5. The Balaban J connectivity index is 1.81. The standard InChI is InChI=1S/C19H21N3OS/c1-11-8-14(9-12(2)18(11)23)17-16(15-6-4-5-7-20-15)21-19-22(17)10-13(3)24-19/h4-9,13,16-17,23H,10H2,1-3H3/t13-,16-,17-/m1/s1. The van der Waals surface area contributed by atoms with E-state index in [-0.39, 0.29) is 12.1 Å². The highest BCUT2D eigenvalue weighted by atomic mass is 32.2. The second-order valence-electron chi connectivity index (χ2n) is 6.64. The molecule has 0 radical (unpaired) electrons. The molecule has 1 fully saturated rings. The summed E-state index contributed by atoms with van der Waals surface area (Å²) < 4.78 is 0. The van der Waals surface area contributed by atoms with Crippen LogP contribution in [0.3, 0.4) is 0 Å². The Kier molecular flexibility index (Phi) is 3.76. The number of thioether (sulfide) groups is 1. The average molecular weight is 339 g/mol. The van der Waals surface area contributed by atoms with Gasteiger partial charge in [-0.25, -0.2) is 0 Å². The number of benzene rings is 1. The van der Waals surface area contributed by atoms with E-state index in [1.54, 1.807) is 0 Å². The lowest BCUT2D eigenvalue weighted by Gasteiger charge is -2.28. The van der Waals surface area contributed by atoms with Gasteiger partial charge in [-0.1, -0.05) is 36.9 Å². The highest BCUT2D eigenvalue weighted by Gasteiger charge is 2.43. The van der Waals surface area contributed by atoms with Crippen molar-refractivity contribution in [1.29, 1.82) is 0 Å². The lowest BCUT2D eigenvalue weighted by Crippen LogP contribution is -2.28. The van der Waals surface area contributed by atoms with Crippen LogP contribution in [0.4, 0.5) is 0 Å². The molecule has 1 aromatic heterocycles. The summed E-state index contributed by atoms with van der Waals surface area (Å²) in [5, 5.41) is 11.8. The molecule has 5 heteroatoms. The number of rotatable bonds is 2. The van der Waals surface area contributed by atoms with E-state index in [0.717, 1.165) is 28.5 Å². The van der Waals surface area contributed by atoms with Crippen molar-refractivity contribution in [1.82, 2.24) is 9.88 Å². The van der Waals surface area contributed by atoms with Gasteiger partial charge in [0.1, 0.15) is 11.8 Å². The molecule has 0 spiro atoms. The van der Waals surface area contributed by atoms with E-state index < -0.39 is 0 Å². The van der Waals surface area contributed by atoms with Gasteiger partial charge in [0.15, 0.2) is 5.17 Å². The second kappa shape index (κ2) is 5.81. The first-order valence-electron chi connectivity index (χ1n) is 8.26. The molecule has 3 heterocycles. The minimum Gasteiger partial charge on any atom is -0.507 e. The minimum atomic E-state index is 0.00421. The Morgan fingerprint density at radius 3 is 2.62 bits per heavy atom. The third-order valence-electron chi connectivity index (χ3n) is 4.74. The van der Waals surface area contributed by atoms with Gasteiger partial charge < -0.3 is 10.0 Å². The molecule has 1 aromatic carbocycles. The SMILES string of the molecule is Cc1cc([C@@H]2[C@@H](c3ccccn3)N=C3S[C@H](C)CN32)cc(C)c1O. The van der Waals surface area contributed by atoms with E-state index in [4.69, 9.17) is 4.99 Å². The molecular weight excluding hydrogens is 318 g/mol. The lowest BCUT2D eigenvalue weighted by molar-refractivity contribution is 0.320. The summed E-state index contributed by atoms with van der Waals surface area (Å²) in [7, 11) is 0. The normalized spacial score (nSPS) is 25.7. The van der Waals surface area contributed by atoms with Crippen LogP contribution in [0.1, 0.15) is 41.4 Å². The maximum Gasteiger partial charge on any atom is 0.160 e. The van der Waals surface area contributed by atoms with Crippen molar-refractivity contribution in [3.63, 3.8) is 0 Å². The Hall–Kier alpha value is -2.01. The second-order valence-corrected chi connectivity index (χ2v) is 8.05. The lowest BCUT2D eigenvalue weighted by atomic mass is 9.93. The summed E-state index contributed by atoms with van der Waals surface area (Å²) in [5.74, 6) is 0.386. The number of phenols is 1. The van der Waals surface area contributed by atoms with Crippen molar-refractivity contribution in [3.8, 4) is 5.75 Å². The zero-order valence-corrected chi connectivity index (χ0v) is 14.9. The fourth-order valence-corrected chi connectivity index (χ4v) is 4.73. The molecule has 2 aromatic rings. The zero-order valence-electron chi connectivity index (χ0n) is 14.1. The molecule has 1 N–H and O–H groups in total. The molecule has 3 atom stereocenters. The average Bonchev–Trinajstić information content (AvgIpc) is 3.08. The van der Waals surface area contributed by atoms with Crippen LogP contribution in [-0.2, 0) is 0 Å². The quantitative estimate of drug-likeness (QED) is 0.899. The maximum absolute atomic E-state index is 10.1. The van der Waals surface area contributed by atoms with Crippen LogP contribution in [0.25, 0.3) is 0 Å². The molecule has 0 bridgehead atoms. The zero-order chi connectivity index (χ0) is 16.8. The van der Waals surface area contributed by atoms with Crippen molar-refractivity contribution >= 4 is 16.9 Å². The molecule has 24 heavy (non-hydrogen) atoms. The van der Waals surface area contributed by atoms with Crippen molar-refractivity contribution in [2.45, 2.75) is 38.1 Å². The van der Waals surface area contributed by atoms with Gasteiger partial charge in [0.2, 0.25) is 0 Å². The van der Waals surface area contributed by atoms with Crippen LogP contribution in [0.15, 0.2) is 41.5 Å². The van der Waals surface area contributed by atoms with E-state index in [1.165, 1.54) is 5.56 Å². The number of amidine groups is 1. The molecule has 0 aliphatic carbocycles. The first kappa shape index (κ1) is 15.5. The van der Waals surface area contributed by atoms with Crippen molar-refractivity contribution in [2.75, 3.05) is 6.54 Å². The van der Waals surface area contributed by atoms with E-state index in [2.05, 4.69) is 35.0 Å². The van der Waals surface area contributed by atoms with Gasteiger partial charge in [0.05, 0.1) is 11.7 Å². The van der Waals surface area contributed by atoms with Crippen molar-refractivity contribution in [2.24, 2.45) is 4.99 Å². The molecule has 1 saturated heterocycles. The minimum absolute atomic E-state index is 0.00421. The number of pyridine rings is 1. The number of aromatic nitrogens is 1. The number of fused-ring (bicyclic) bond motifs is 1. The van der Waals surface area contributed by atoms with E-state index in [1.807, 2.05) is 43.9 Å². The van der Waals surface area contributed by atoms with Crippen LogP contribution < -0.4 is 0 Å². The summed E-state index contributed by atoms with van der Waals surface area (Å²) in [6, 6.07) is 10.3. The predicted molar refractivity (Wildman–Crippen MR) is 98.5 cm³/mol. The summed E-state index contributed by atoms with van der Waals surface area (Å²) in [4.78, 5) is 11.9. The van der Waals surface area contributed by atoms with Gasteiger partial charge in [-0.05, 0) is 42.7 Å². The maximum atomic E-state index is 10.1. The molecule has 0 amide bonds. The molecule has 4 rings (SSSR count). The monoisotopic (exact) mass is 339 g/mol. The van der Waals surface area contributed by atoms with Crippen LogP contribution in [0.5, 0.6) is 5.75 Å². The largest absolute Gasteiger partial charge is 0.507 e. The third kappa shape index (κ3) is 2.47. The molecule has 2 aliphatic rings. The Labute approximate surface area is 146 Å².